The molecule has 0 spiro atoms. The molecule has 0 N–H and O–H groups in total. The fourth-order valence-electron chi connectivity index (χ4n) is 0.0340. The van der Waals surface area contributed by atoms with Gasteiger partial charge in [0, 0.05) is 11.8 Å². The first-order valence-electron chi connectivity index (χ1n) is 1.20. The van der Waals surface area contributed by atoms with Gasteiger partial charge in [0.2, 0.25) is 0 Å². The molecule has 27 valence electrons. The molecule has 0 nitrogen and oxygen atoms in total. The predicted octanol–water partition coefficient (Wildman–Crippen LogP) is 1.25. The first kappa shape index (κ1) is 5.18. The second kappa shape index (κ2) is 4.18. The lowest BCUT2D eigenvalue weighted by Gasteiger charge is -1.58. The Morgan fingerprint density at radius 2 is 2.40 bits per heavy atom. The molecule has 0 unspecified atom stereocenters. The van der Waals surface area contributed by atoms with E-state index in [2.05, 4.69) is 29.8 Å². The van der Waals surface area contributed by atoms with Crippen molar-refractivity contribution < 1.29 is 0 Å². The molecular formula is C3H3S2. The first-order valence-corrected chi connectivity index (χ1v) is 2.08. The van der Waals surface area contributed by atoms with E-state index in [4.69, 9.17) is 0 Å². The molecule has 0 aromatic heterocycles. The van der Waals surface area contributed by atoms with Crippen LogP contribution in [-0.2, 0) is 0 Å². The van der Waals surface area contributed by atoms with E-state index in [1.165, 1.54) is 0 Å². The van der Waals surface area contributed by atoms with Crippen molar-refractivity contribution in [1.82, 2.24) is 0 Å². The fourth-order valence-corrected chi connectivity index (χ4v) is 0.306. The summed E-state index contributed by atoms with van der Waals surface area (Å²) in [5, 5.41) is 3.99. The van der Waals surface area contributed by atoms with E-state index < -0.39 is 0 Å². The Balaban J connectivity index is 2.65. The zero-order chi connectivity index (χ0) is 4.12. The largest absolute Gasteiger partial charge is 0.0931 e. The smallest absolute Gasteiger partial charge is 0.0341 e. The van der Waals surface area contributed by atoms with Crippen LogP contribution in [0.5, 0.6) is 0 Å². The molecule has 0 rings (SSSR count). The van der Waals surface area contributed by atoms with E-state index in [0.29, 0.717) is 6.42 Å². The SMILES string of the molecule is S=[C]CC=S. The van der Waals surface area contributed by atoms with Gasteiger partial charge < -0.3 is 0 Å². The summed E-state index contributed by atoms with van der Waals surface area (Å²) >= 11 is 8.70. The number of hydrogen-bond acceptors (Lipinski definition) is 2. The zero-order valence-electron chi connectivity index (χ0n) is 2.60. The number of rotatable bonds is 2. The average Bonchev–Trinajstić information content (AvgIpc) is 1.41. The second-order valence-corrected chi connectivity index (χ2v) is 1.14. The van der Waals surface area contributed by atoms with Crippen molar-refractivity contribution in [1.29, 1.82) is 0 Å². The van der Waals surface area contributed by atoms with Crippen molar-refractivity contribution in [2.45, 2.75) is 6.42 Å². The van der Waals surface area contributed by atoms with Gasteiger partial charge in [0.25, 0.3) is 0 Å². The molecule has 0 atom stereocenters. The van der Waals surface area contributed by atoms with Crippen LogP contribution >= 0.6 is 24.4 Å². The summed E-state index contributed by atoms with van der Waals surface area (Å²) in [6.07, 6.45) is 0.644. The first-order chi connectivity index (χ1) is 2.41. The van der Waals surface area contributed by atoms with Crippen LogP contribution in [0.4, 0.5) is 0 Å². The molecule has 0 bridgehead atoms. The maximum atomic E-state index is 4.40. The lowest BCUT2D eigenvalue weighted by atomic mass is 10.6. The molecule has 0 heterocycles. The monoisotopic (exact) mass is 103 g/mol. The Labute approximate surface area is 42.2 Å². The summed E-state index contributed by atoms with van der Waals surface area (Å²) in [4.78, 5) is 0. The molecule has 0 aromatic carbocycles. The molecule has 2 heteroatoms. The highest BCUT2D eigenvalue weighted by atomic mass is 32.1. The molecule has 5 heavy (non-hydrogen) atoms. The molecule has 0 fully saturated rings. The standard InChI is InChI=1S/C3H3S2/c4-2-1-3-5/h2H,1H2. The van der Waals surface area contributed by atoms with Crippen molar-refractivity contribution in [3.05, 3.63) is 0 Å². The Bertz CT molecular complexity index is 34.2. The molecule has 0 aliphatic heterocycles. The van der Waals surface area contributed by atoms with Crippen LogP contribution in [0.2, 0.25) is 0 Å². The van der Waals surface area contributed by atoms with Crippen LogP contribution in [0.3, 0.4) is 0 Å². The number of thiocarbonyl (C=S) groups is 2. The van der Waals surface area contributed by atoms with Gasteiger partial charge in [-0.1, -0.05) is 24.4 Å². The van der Waals surface area contributed by atoms with Crippen LogP contribution in [-0.4, -0.2) is 10.7 Å². The minimum Gasteiger partial charge on any atom is -0.0931 e. The van der Waals surface area contributed by atoms with Gasteiger partial charge in [-0.2, -0.15) is 0 Å². The predicted molar refractivity (Wildman–Crippen MR) is 30.9 cm³/mol. The highest BCUT2D eigenvalue weighted by Crippen LogP contribution is 1.61. The molecule has 0 aliphatic carbocycles. The van der Waals surface area contributed by atoms with Crippen molar-refractivity contribution in [2.24, 2.45) is 0 Å². The molecular weight excluding hydrogens is 100 g/mol. The van der Waals surface area contributed by atoms with E-state index in [0.717, 1.165) is 0 Å². The van der Waals surface area contributed by atoms with Gasteiger partial charge in [-0.05, 0) is 5.37 Å². The van der Waals surface area contributed by atoms with Crippen molar-refractivity contribution in [3.8, 4) is 0 Å². The maximum Gasteiger partial charge on any atom is 0.0341 e. The molecule has 0 amide bonds. The highest BCUT2D eigenvalue weighted by molar-refractivity contribution is 7.80. The lowest BCUT2D eigenvalue weighted by Crippen LogP contribution is -1.63. The van der Waals surface area contributed by atoms with Gasteiger partial charge >= 0.3 is 0 Å². The maximum absolute atomic E-state index is 4.40. The molecule has 1 radical (unpaired) electrons. The topological polar surface area (TPSA) is 0 Å². The van der Waals surface area contributed by atoms with Crippen LogP contribution in [0, 0.1) is 0 Å². The van der Waals surface area contributed by atoms with Gasteiger partial charge in [-0.3, -0.25) is 0 Å². The van der Waals surface area contributed by atoms with Crippen LogP contribution in [0.1, 0.15) is 6.42 Å². The fraction of sp³-hybridized carbons (Fsp3) is 0.333. The van der Waals surface area contributed by atoms with E-state index in [1.54, 1.807) is 5.37 Å². The van der Waals surface area contributed by atoms with E-state index in [9.17, 15) is 0 Å². The average molecular weight is 103 g/mol. The van der Waals surface area contributed by atoms with E-state index in [-0.39, 0.29) is 0 Å². The van der Waals surface area contributed by atoms with Crippen LogP contribution in [0.15, 0.2) is 0 Å². The van der Waals surface area contributed by atoms with E-state index in [1.807, 2.05) is 0 Å². The summed E-state index contributed by atoms with van der Waals surface area (Å²) in [5.41, 5.74) is 0. The summed E-state index contributed by atoms with van der Waals surface area (Å²) in [6, 6.07) is 0. The minimum absolute atomic E-state index is 0.644. The third-order valence-corrected chi connectivity index (χ3v) is 0.500. The quantitative estimate of drug-likeness (QED) is 0.482. The lowest BCUT2D eigenvalue weighted by molar-refractivity contribution is 1.85. The summed E-state index contributed by atoms with van der Waals surface area (Å²) < 4.78 is 0. The van der Waals surface area contributed by atoms with Crippen LogP contribution in [0.25, 0.3) is 0 Å². The summed E-state index contributed by atoms with van der Waals surface area (Å²) in [6.45, 7) is 0. The van der Waals surface area contributed by atoms with Gasteiger partial charge in [0.1, 0.15) is 0 Å². The third kappa shape index (κ3) is 4.18. The van der Waals surface area contributed by atoms with Gasteiger partial charge in [-0.15, -0.1) is 0 Å². The van der Waals surface area contributed by atoms with Gasteiger partial charge in [0.15, 0.2) is 0 Å². The van der Waals surface area contributed by atoms with Gasteiger partial charge in [0.05, 0.1) is 0 Å². The van der Waals surface area contributed by atoms with E-state index >= 15 is 0 Å². The number of hydrogen-bond donors (Lipinski definition) is 0. The highest BCUT2D eigenvalue weighted by Gasteiger charge is 1.58. The molecule has 0 saturated carbocycles. The molecule has 0 saturated heterocycles. The summed E-state index contributed by atoms with van der Waals surface area (Å²) in [7, 11) is 0. The Morgan fingerprint density at radius 1 is 1.80 bits per heavy atom. The Kier molecular flexibility index (Phi) is 4.33. The summed E-state index contributed by atoms with van der Waals surface area (Å²) in [5.74, 6) is 0. The van der Waals surface area contributed by atoms with Crippen LogP contribution < -0.4 is 0 Å². The zero-order valence-corrected chi connectivity index (χ0v) is 4.23. The van der Waals surface area contributed by atoms with Crippen molar-refractivity contribution in [2.75, 3.05) is 0 Å². The minimum atomic E-state index is 0.644. The van der Waals surface area contributed by atoms with Crippen molar-refractivity contribution >= 4 is 35.2 Å². The molecule has 0 aliphatic rings. The normalized spacial score (nSPS) is 6.40. The Hall–Kier alpha value is 0.180. The second-order valence-electron chi connectivity index (χ2n) is 0.515. The third-order valence-electron chi connectivity index (χ3n) is 0.167. The van der Waals surface area contributed by atoms with Crippen molar-refractivity contribution in [3.63, 3.8) is 0 Å². The Morgan fingerprint density at radius 3 is 2.40 bits per heavy atom. The molecule has 0 aromatic rings. The van der Waals surface area contributed by atoms with Gasteiger partial charge in [-0.25, -0.2) is 0 Å².